The molecule has 0 N–H and O–H groups in total. The second-order valence-electron chi connectivity index (χ2n) is 17.4. The largest absolute Gasteiger partial charge is 0.0622 e. The Morgan fingerprint density at radius 1 is 0.298 bits per heavy atom. The van der Waals surface area contributed by atoms with Crippen molar-refractivity contribution < 1.29 is 0 Å². The number of benzene rings is 10. The first-order valence-corrected chi connectivity index (χ1v) is 20.8. The van der Waals surface area contributed by atoms with Crippen molar-refractivity contribution in [2.75, 3.05) is 0 Å². The van der Waals surface area contributed by atoms with E-state index in [-0.39, 0.29) is 0 Å². The van der Waals surface area contributed by atoms with E-state index in [1.807, 2.05) is 0 Å². The molecule has 0 atom stereocenters. The highest BCUT2D eigenvalue weighted by Crippen LogP contribution is 2.55. The monoisotopic (exact) mass is 730 g/mol. The van der Waals surface area contributed by atoms with E-state index in [9.17, 15) is 0 Å². The third-order valence-corrected chi connectivity index (χ3v) is 13.0. The van der Waals surface area contributed by atoms with Gasteiger partial charge in [0.2, 0.25) is 0 Å². The summed E-state index contributed by atoms with van der Waals surface area (Å²) in [7, 11) is 0. The van der Waals surface area contributed by atoms with Gasteiger partial charge in [-0.2, -0.15) is 0 Å². The molecule has 1 aliphatic carbocycles. The highest BCUT2D eigenvalue weighted by molar-refractivity contribution is 6.33. The van der Waals surface area contributed by atoms with Crippen LogP contribution in [0.15, 0.2) is 152 Å². The summed E-state index contributed by atoms with van der Waals surface area (Å²) in [6.07, 6.45) is 0. The predicted octanol–water partition coefficient (Wildman–Crippen LogP) is 16.9. The molecule has 0 aliphatic heterocycles. The molecule has 0 amide bonds. The Labute approximate surface area is 335 Å². The van der Waals surface area contributed by atoms with Gasteiger partial charge in [0, 0.05) is 0 Å². The summed E-state index contributed by atoms with van der Waals surface area (Å²) in [5.41, 5.74) is 17.5. The standard InChI is InChI=1S/C57H46/c1-32(2)41-28-44(33(3)4)55(45(29-41)34(5)6)40-23-25-43-48(27-40)54(36-16-11-8-12-17-36)51-31-47-46(30-50(51)53(43)35-14-9-7-10-15-35)42-24-22-38-21-20-37-18-13-19-39-26-49(47)57(42)56(38)52(37)39/h7-34H,1-6H3. The molecule has 1 aliphatic rings. The van der Waals surface area contributed by atoms with Gasteiger partial charge in [0.25, 0.3) is 0 Å². The van der Waals surface area contributed by atoms with Crippen molar-refractivity contribution in [3.63, 3.8) is 0 Å². The van der Waals surface area contributed by atoms with Crippen LogP contribution in [-0.4, -0.2) is 0 Å². The Bertz CT molecular complexity index is 3200. The van der Waals surface area contributed by atoms with E-state index in [1.54, 1.807) is 0 Å². The van der Waals surface area contributed by atoms with E-state index in [0.29, 0.717) is 17.8 Å². The molecule has 0 bridgehead atoms. The molecule has 0 heteroatoms. The average Bonchev–Trinajstić information content (AvgIpc) is 3.54. The lowest BCUT2D eigenvalue weighted by atomic mass is 9.79. The molecular weight excluding hydrogens is 685 g/mol. The molecule has 10 aromatic rings. The van der Waals surface area contributed by atoms with Crippen LogP contribution in [0.5, 0.6) is 0 Å². The fourth-order valence-corrected chi connectivity index (χ4v) is 10.3. The molecule has 0 nitrogen and oxygen atoms in total. The molecule has 0 heterocycles. The average molecular weight is 731 g/mol. The first kappa shape index (κ1) is 34.0. The minimum absolute atomic E-state index is 0.396. The zero-order valence-corrected chi connectivity index (χ0v) is 33.7. The molecular formula is C57H46. The summed E-state index contributed by atoms with van der Waals surface area (Å²) in [6, 6.07) is 58.2. The van der Waals surface area contributed by atoms with Crippen LogP contribution in [0, 0.1) is 0 Å². The topological polar surface area (TPSA) is 0 Å². The lowest BCUT2D eigenvalue weighted by molar-refractivity contribution is 0.807. The van der Waals surface area contributed by atoms with Gasteiger partial charge in [0.05, 0.1) is 0 Å². The second kappa shape index (κ2) is 12.6. The first-order chi connectivity index (χ1) is 27.8. The predicted molar refractivity (Wildman–Crippen MR) is 248 cm³/mol. The maximum atomic E-state index is 2.55. The van der Waals surface area contributed by atoms with Crippen LogP contribution in [-0.2, 0) is 0 Å². The molecule has 0 unspecified atom stereocenters. The zero-order chi connectivity index (χ0) is 38.7. The summed E-state index contributed by atoms with van der Waals surface area (Å²) in [6.45, 7) is 14.1. The summed E-state index contributed by atoms with van der Waals surface area (Å²) in [4.78, 5) is 0. The van der Waals surface area contributed by atoms with Crippen LogP contribution in [0.1, 0.15) is 76.0 Å². The summed E-state index contributed by atoms with van der Waals surface area (Å²) >= 11 is 0. The Hall–Kier alpha value is -6.24. The van der Waals surface area contributed by atoms with Gasteiger partial charge in [-0.1, -0.05) is 169 Å². The van der Waals surface area contributed by atoms with E-state index < -0.39 is 0 Å². The smallest absolute Gasteiger partial charge is 0.00137 e. The third-order valence-electron chi connectivity index (χ3n) is 13.0. The van der Waals surface area contributed by atoms with Crippen molar-refractivity contribution in [2.45, 2.75) is 59.3 Å². The Morgan fingerprint density at radius 3 is 1.46 bits per heavy atom. The third kappa shape index (κ3) is 4.99. The lowest BCUT2D eigenvalue weighted by Crippen LogP contribution is -2.04. The van der Waals surface area contributed by atoms with Gasteiger partial charge in [-0.05, 0) is 168 Å². The quantitative estimate of drug-likeness (QED) is 0.118. The van der Waals surface area contributed by atoms with Gasteiger partial charge in [-0.3, -0.25) is 0 Å². The molecule has 0 saturated carbocycles. The van der Waals surface area contributed by atoms with Gasteiger partial charge in [0.15, 0.2) is 0 Å². The Balaban J connectivity index is 1.30. The van der Waals surface area contributed by atoms with Gasteiger partial charge < -0.3 is 0 Å². The SMILES string of the molecule is CC(C)c1cc(C(C)C)c(-c2ccc3c(-c4ccccc4)c4cc5c(cc4c(-c4ccccc4)c3c2)-c2cc3cccc4ccc6ccc-5c2c6c43)c(C(C)C)c1. The fourth-order valence-electron chi connectivity index (χ4n) is 10.3. The number of hydrogen-bond acceptors (Lipinski definition) is 0. The Morgan fingerprint density at radius 2 is 0.842 bits per heavy atom. The number of fused-ring (bicyclic) bond motifs is 5. The van der Waals surface area contributed by atoms with Gasteiger partial charge >= 0.3 is 0 Å². The fraction of sp³-hybridized carbons (Fsp3) is 0.158. The second-order valence-corrected chi connectivity index (χ2v) is 17.4. The molecule has 0 radical (unpaired) electrons. The Kier molecular flexibility index (Phi) is 7.55. The summed E-state index contributed by atoms with van der Waals surface area (Å²) in [5, 5.41) is 13.3. The molecule has 11 rings (SSSR count). The molecule has 57 heavy (non-hydrogen) atoms. The number of rotatable bonds is 6. The van der Waals surface area contributed by atoms with Crippen molar-refractivity contribution in [1.29, 1.82) is 0 Å². The van der Waals surface area contributed by atoms with E-state index >= 15 is 0 Å². The van der Waals surface area contributed by atoms with Crippen LogP contribution < -0.4 is 0 Å². The molecule has 0 aromatic heterocycles. The van der Waals surface area contributed by atoms with Crippen molar-refractivity contribution in [2.24, 2.45) is 0 Å². The lowest BCUT2D eigenvalue weighted by Gasteiger charge is -2.24. The van der Waals surface area contributed by atoms with Crippen LogP contribution in [0.3, 0.4) is 0 Å². The van der Waals surface area contributed by atoms with Crippen molar-refractivity contribution >= 4 is 53.9 Å². The van der Waals surface area contributed by atoms with E-state index in [0.717, 1.165) is 0 Å². The minimum Gasteiger partial charge on any atom is -0.0622 e. The van der Waals surface area contributed by atoms with Gasteiger partial charge in [-0.25, -0.2) is 0 Å². The van der Waals surface area contributed by atoms with Crippen LogP contribution >= 0.6 is 0 Å². The molecule has 274 valence electrons. The molecule has 0 fully saturated rings. The summed E-state index contributed by atoms with van der Waals surface area (Å²) in [5.74, 6) is 1.26. The summed E-state index contributed by atoms with van der Waals surface area (Å²) < 4.78 is 0. The van der Waals surface area contributed by atoms with Crippen LogP contribution in [0.25, 0.3) is 109 Å². The van der Waals surface area contributed by atoms with E-state index in [1.165, 1.54) is 126 Å². The zero-order valence-electron chi connectivity index (χ0n) is 33.7. The van der Waals surface area contributed by atoms with Crippen molar-refractivity contribution in [3.05, 3.63) is 168 Å². The highest BCUT2D eigenvalue weighted by atomic mass is 14.3. The minimum atomic E-state index is 0.396. The number of hydrogen-bond donors (Lipinski definition) is 0. The maximum absolute atomic E-state index is 2.55. The highest BCUT2D eigenvalue weighted by Gasteiger charge is 2.28. The van der Waals surface area contributed by atoms with E-state index in [2.05, 4.69) is 193 Å². The van der Waals surface area contributed by atoms with Gasteiger partial charge in [-0.15, -0.1) is 0 Å². The first-order valence-electron chi connectivity index (χ1n) is 20.8. The van der Waals surface area contributed by atoms with Crippen molar-refractivity contribution in [3.8, 4) is 55.6 Å². The van der Waals surface area contributed by atoms with E-state index in [4.69, 9.17) is 0 Å². The maximum Gasteiger partial charge on any atom is -0.00137 e. The van der Waals surface area contributed by atoms with Gasteiger partial charge in [0.1, 0.15) is 0 Å². The normalized spacial score (nSPS) is 12.5. The molecule has 0 saturated heterocycles. The van der Waals surface area contributed by atoms with Crippen molar-refractivity contribution in [1.82, 2.24) is 0 Å². The van der Waals surface area contributed by atoms with Crippen LogP contribution in [0.2, 0.25) is 0 Å². The molecule has 10 aromatic carbocycles. The molecule has 0 spiro atoms. The van der Waals surface area contributed by atoms with Crippen LogP contribution in [0.4, 0.5) is 0 Å².